The third-order valence-corrected chi connectivity index (χ3v) is 3.28. The first kappa shape index (κ1) is 19.7. The highest BCUT2D eigenvalue weighted by molar-refractivity contribution is 6.08. The molecule has 142 valence electrons. The highest BCUT2D eigenvalue weighted by Crippen LogP contribution is 2.30. The zero-order valence-electron chi connectivity index (χ0n) is 15.3. The smallest absolute Gasteiger partial charge is 0.414 e. The fourth-order valence-electron chi connectivity index (χ4n) is 2.30. The van der Waals surface area contributed by atoms with Crippen LogP contribution in [0.5, 0.6) is 0 Å². The number of esters is 1. The maximum atomic E-state index is 12.4. The Morgan fingerprint density at radius 1 is 1.35 bits per heavy atom. The van der Waals surface area contributed by atoms with E-state index in [-0.39, 0.29) is 23.6 Å². The molecule has 0 spiro atoms. The molecule has 2 heterocycles. The monoisotopic (exact) mass is 366 g/mol. The van der Waals surface area contributed by atoms with Crippen LogP contribution in [0, 0.1) is 0 Å². The number of furan rings is 1. The van der Waals surface area contributed by atoms with Crippen LogP contribution >= 0.6 is 0 Å². The van der Waals surface area contributed by atoms with Crippen molar-refractivity contribution in [3.8, 4) is 0 Å². The van der Waals surface area contributed by atoms with Gasteiger partial charge in [-0.1, -0.05) is 0 Å². The van der Waals surface area contributed by atoms with Gasteiger partial charge in [0.25, 0.3) is 0 Å². The van der Waals surface area contributed by atoms with E-state index in [2.05, 4.69) is 10.3 Å². The molecule has 0 unspecified atom stereocenters. The summed E-state index contributed by atoms with van der Waals surface area (Å²) in [5.41, 5.74) is 0.639. The summed E-state index contributed by atoms with van der Waals surface area (Å²) in [6, 6.07) is 1.67. The van der Waals surface area contributed by atoms with E-state index < -0.39 is 24.3 Å². The number of nitrogens with zero attached hydrogens (tertiary/aromatic N) is 1. The SMILES string of the molecule is CCOC(=O)c1c(NC(=O)OC(C)(C)C)oc2cc(CCCF)cnc12. The van der Waals surface area contributed by atoms with Crippen molar-refractivity contribution in [3.63, 3.8) is 0 Å². The lowest BCUT2D eigenvalue weighted by Gasteiger charge is -2.19. The molecular formula is C18H23FN2O5. The van der Waals surface area contributed by atoms with Crippen LogP contribution in [0.4, 0.5) is 15.1 Å². The van der Waals surface area contributed by atoms with Crippen molar-refractivity contribution in [2.24, 2.45) is 0 Å². The van der Waals surface area contributed by atoms with Gasteiger partial charge >= 0.3 is 12.1 Å². The number of hydrogen-bond donors (Lipinski definition) is 1. The number of pyridine rings is 1. The van der Waals surface area contributed by atoms with E-state index in [1.165, 1.54) is 0 Å². The van der Waals surface area contributed by atoms with Crippen LogP contribution in [0.3, 0.4) is 0 Å². The minimum atomic E-state index is -0.764. The summed E-state index contributed by atoms with van der Waals surface area (Å²) in [4.78, 5) is 28.6. The number of hydrogen-bond acceptors (Lipinski definition) is 6. The number of carbonyl (C=O) groups is 2. The number of rotatable bonds is 6. The molecule has 0 radical (unpaired) electrons. The lowest BCUT2D eigenvalue weighted by molar-refractivity contribution is 0.0529. The summed E-state index contributed by atoms with van der Waals surface area (Å²) in [5.74, 6) is -0.760. The first-order valence-corrected chi connectivity index (χ1v) is 8.39. The third kappa shape index (κ3) is 4.93. The predicted molar refractivity (Wildman–Crippen MR) is 94.1 cm³/mol. The van der Waals surface area contributed by atoms with E-state index in [1.54, 1.807) is 40.0 Å². The molecule has 0 aliphatic carbocycles. The van der Waals surface area contributed by atoms with Gasteiger partial charge in [-0.25, -0.2) is 9.59 Å². The van der Waals surface area contributed by atoms with Crippen LogP contribution in [-0.2, 0) is 15.9 Å². The minimum absolute atomic E-state index is 0.0183. The quantitative estimate of drug-likeness (QED) is 0.769. The molecule has 2 rings (SSSR count). The topological polar surface area (TPSA) is 90.7 Å². The molecular weight excluding hydrogens is 343 g/mol. The number of fused-ring (bicyclic) bond motifs is 1. The van der Waals surface area contributed by atoms with Crippen molar-refractivity contribution in [2.45, 2.75) is 46.1 Å². The number of anilines is 1. The van der Waals surface area contributed by atoms with Gasteiger partial charge in [0.1, 0.15) is 16.7 Å². The fraction of sp³-hybridized carbons (Fsp3) is 0.500. The zero-order valence-corrected chi connectivity index (χ0v) is 15.3. The van der Waals surface area contributed by atoms with Gasteiger partial charge in [-0.2, -0.15) is 0 Å². The van der Waals surface area contributed by atoms with Gasteiger partial charge in [0, 0.05) is 6.20 Å². The van der Waals surface area contributed by atoms with E-state index in [1.807, 2.05) is 0 Å². The van der Waals surface area contributed by atoms with Crippen LogP contribution in [0.1, 0.15) is 50.0 Å². The molecule has 26 heavy (non-hydrogen) atoms. The van der Waals surface area contributed by atoms with E-state index in [4.69, 9.17) is 13.9 Å². The minimum Gasteiger partial charge on any atom is -0.462 e. The number of aromatic nitrogens is 1. The van der Waals surface area contributed by atoms with Crippen molar-refractivity contribution < 1.29 is 27.9 Å². The molecule has 0 fully saturated rings. The van der Waals surface area contributed by atoms with Crippen LogP contribution in [0.15, 0.2) is 16.7 Å². The number of amides is 1. The second kappa shape index (κ2) is 8.16. The highest BCUT2D eigenvalue weighted by atomic mass is 19.1. The lowest BCUT2D eigenvalue weighted by atomic mass is 10.1. The second-order valence-electron chi connectivity index (χ2n) is 6.64. The first-order valence-electron chi connectivity index (χ1n) is 8.39. The highest BCUT2D eigenvalue weighted by Gasteiger charge is 2.26. The Morgan fingerprint density at radius 2 is 2.08 bits per heavy atom. The zero-order chi connectivity index (χ0) is 19.3. The molecule has 0 aromatic carbocycles. The summed E-state index contributed by atoms with van der Waals surface area (Å²) < 4.78 is 28.2. The largest absolute Gasteiger partial charge is 0.462 e. The average molecular weight is 366 g/mol. The van der Waals surface area contributed by atoms with Crippen molar-refractivity contribution in [1.82, 2.24) is 4.98 Å². The van der Waals surface area contributed by atoms with Crippen LogP contribution in [0.2, 0.25) is 0 Å². The number of aryl methyl sites for hydroxylation is 1. The van der Waals surface area contributed by atoms with Crippen molar-refractivity contribution in [3.05, 3.63) is 23.4 Å². The van der Waals surface area contributed by atoms with Crippen LogP contribution in [-0.4, -0.2) is 35.9 Å². The molecule has 0 atom stereocenters. The number of carbonyl (C=O) groups excluding carboxylic acids is 2. The Hall–Kier alpha value is -2.64. The molecule has 7 nitrogen and oxygen atoms in total. The van der Waals surface area contributed by atoms with Crippen molar-refractivity contribution in [2.75, 3.05) is 18.6 Å². The van der Waals surface area contributed by atoms with Crippen LogP contribution < -0.4 is 5.32 Å². The molecule has 0 aliphatic heterocycles. The van der Waals surface area contributed by atoms with Gasteiger partial charge in [-0.05, 0) is 52.2 Å². The standard InChI is InChI=1S/C18H23FN2O5/c1-5-24-16(22)13-14-12(9-11(10-20-14)7-6-8-19)25-15(13)21-17(23)26-18(2,3)4/h9-10H,5-8H2,1-4H3,(H,21,23). The summed E-state index contributed by atoms with van der Waals surface area (Å²) in [6.45, 7) is 6.55. The van der Waals surface area contributed by atoms with E-state index in [0.717, 1.165) is 5.56 Å². The molecule has 8 heteroatoms. The first-order chi connectivity index (χ1) is 12.2. The Balaban J connectivity index is 2.40. The molecule has 2 aromatic heterocycles. The summed E-state index contributed by atoms with van der Waals surface area (Å²) in [7, 11) is 0. The van der Waals surface area contributed by atoms with Gasteiger partial charge in [0.05, 0.1) is 13.3 Å². The van der Waals surface area contributed by atoms with E-state index in [0.29, 0.717) is 18.4 Å². The number of nitrogens with one attached hydrogen (secondary N) is 1. The lowest BCUT2D eigenvalue weighted by Crippen LogP contribution is -2.27. The molecule has 0 bridgehead atoms. The molecule has 1 amide bonds. The van der Waals surface area contributed by atoms with Gasteiger partial charge < -0.3 is 13.9 Å². The normalized spacial score (nSPS) is 11.4. The van der Waals surface area contributed by atoms with E-state index in [9.17, 15) is 14.0 Å². The van der Waals surface area contributed by atoms with Crippen molar-refractivity contribution >= 4 is 29.0 Å². The molecule has 0 aliphatic rings. The van der Waals surface area contributed by atoms with E-state index >= 15 is 0 Å². The average Bonchev–Trinajstić information content (AvgIpc) is 2.88. The summed E-state index contributed by atoms with van der Waals surface area (Å²) in [6.07, 6.45) is 1.64. The number of alkyl halides is 1. The molecule has 0 saturated heterocycles. The van der Waals surface area contributed by atoms with Gasteiger partial charge in [0.15, 0.2) is 5.58 Å². The molecule has 1 N–H and O–H groups in total. The molecule has 0 saturated carbocycles. The maximum absolute atomic E-state index is 12.4. The maximum Gasteiger partial charge on any atom is 0.414 e. The Bertz CT molecular complexity index is 795. The van der Waals surface area contributed by atoms with Crippen molar-refractivity contribution in [1.29, 1.82) is 0 Å². The summed E-state index contributed by atoms with van der Waals surface area (Å²) >= 11 is 0. The van der Waals surface area contributed by atoms with Gasteiger partial charge in [-0.3, -0.25) is 14.7 Å². The molecule has 2 aromatic rings. The second-order valence-corrected chi connectivity index (χ2v) is 6.64. The Labute approximate surface area is 150 Å². The third-order valence-electron chi connectivity index (χ3n) is 3.28. The Kier molecular flexibility index (Phi) is 6.18. The predicted octanol–water partition coefficient (Wildman–Crippen LogP) is 4.25. The summed E-state index contributed by atoms with van der Waals surface area (Å²) in [5, 5.41) is 2.43. The number of halogens is 1. The van der Waals surface area contributed by atoms with Gasteiger partial charge in [0.2, 0.25) is 5.88 Å². The number of ether oxygens (including phenoxy) is 2. The van der Waals surface area contributed by atoms with Crippen LogP contribution in [0.25, 0.3) is 11.1 Å². The Morgan fingerprint density at radius 3 is 2.69 bits per heavy atom. The fourth-order valence-corrected chi connectivity index (χ4v) is 2.30. The van der Waals surface area contributed by atoms with Gasteiger partial charge in [-0.15, -0.1) is 0 Å².